The molecule has 0 saturated carbocycles. The molecule has 4 rings (SSSR count). The molecule has 2 amide bonds. The molecule has 0 spiro atoms. The van der Waals surface area contributed by atoms with Gasteiger partial charge in [-0.15, -0.1) is 0 Å². The number of ether oxygens (including phenoxy) is 1. The fourth-order valence-corrected chi connectivity index (χ4v) is 3.59. The molecule has 0 bridgehead atoms. The molecular formula is C21H23N3O3. The summed E-state index contributed by atoms with van der Waals surface area (Å²) < 4.78 is 11.2. The molecule has 1 saturated heterocycles. The minimum absolute atomic E-state index is 0.0969. The van der Waals surface area contributed by atoms with Gasteiger partial charge in [-0.3, -0.25) is 0 Å². The lowest BCUT2D eigenvalue weighted by atomic mass is 9.98. The number of amides is 2. The number of aryl methyl sites for hydroxylation is 1. The van der Waals surface area contributed by atoms with Crippen LogP contribution in [-0.2, 0) is 0 Å². The molecule has 0 radical (unpaired) electrons. The van der Waals surface area contributed by atoms with E-state index in [9.17, 15) is 4.79 Å². The number of hydrogen-bond donors (Lipinski definition) is 1. The first kappa shape index (κ1) is 17.4. The van der Waals surface area contributed by atoms with Gasteiger partial charge in [0.1, 0.15) is 11.3 Å². The van der Waals surface area contributed by atoms with Gasteiger partial charge in [-0.25, -0.2) is 9.78 Å². The Morgan fingerprint density at radius 1 is 1.30 bits per heavy atom. The second-order valence-electron chi connectivity index (χ2n) is 6.92. The maximum Gasteiger partial charge on any atom is 0.321 e. The van der Waals surface area contributed by atoms with Crippen LogP contribution in [0.4, 0.5) is 10.5 Å². The zero-order valence-electron chi connectivity index (χ0n) is 15.6. The summed E-state index contributed by atoms with van der Waals surface area (Å²) in [7, 11) is 1.64. The van der Waals surface area contributed by atoms with Gasteiger partial charge >= 0.3 is 6.03 Å². The fraction of sp³-hybridized carbons (Fsp3) is 0.333. The van der Waals surface area contributed by atoms with Crippen molar-refractivity contribution in [1.82, 2.24) is 9.88 Å². The lowest BCUT2D eigenvalue weighted by Gasteiger charge is -2.31. The van der Waals surface area contributed by atoms with E-state index in [4.69, 9.17) is 9.15 Å². The first-order chi connectivity index (χ1) is 13.1. The number of benzene rings is 2. The minimum atomic E-state index is -0.0969. The van der Waals surface area contributed by atoms with Gasteiger partial charge in [-0.1, -0.05) is 12.1 Å². The van der Waals surface area contributed by atoms with Gasteiger partial charge in [0, 0.05) is 18.8 Å². The zero-order chi connectivity index (χ0) is 18.8. The number of likely N-dealkylation sites (tertiary alicyclic amines) is 1. The highest BCUT2D eigenvalue weighted by Gasteiger charge is 2.28. The van der Waals surface area contributed by atoms with E-state index in [1.54, 1.807) is 7.11 Å². The van der Waals surface area contributed by atoms with Crippen LogP contribution < -0.4 is 10.1 Å². The Hall–Kier alpha value is -3.02. The van der Waals surface area contributed by atoms with E-state index in [0.717, 1.165) is 47.5 Å². The third-order valence-corrected chi connectivity index (χ3v) is 5.01. The summed E-state index contributed by atoms with van der Waals surface area (Å²) in [5, 5.41) is 2.98. The molecule has 1 N–H and O–H groups in total. The van der Waals surface area contributed by atoms with Crippen LogP contribution in [0.3, 0.4) is 0 Å². The van der Waals surface area contributed by atoms with Crippen LogP contribution in [0, 0.1) is 6.92 Å². The second kappa shape index (κ2) is 7.31. The summed E-state index contributed by atoms with van der Waals surface area (Å²) in [6.45, 7) is 3.30. The first-order valence-corrected chi connectivity index (χ1v) is 9.20. The van der Waals surface area contributed by atoms with Gasteiger partial charge in [0.2, 0.25) is 0 Å². The molecule has 1 unspecified atom stereocenters. The van der Waals surface area contributed by atoms with Crippen LogP contribution in [0.15, 0.2) is 46.9 Å². The molecule has 1 atom stereocenters. The normalized spacial score (nSPS) is 17.1. The highest BCUT2D eigenvalue weighted by atomic mass is 16.5. The van der Waals surface area contributed by atoms with Gasteiger partial charge in [-0.2, -0.15) is 0 Å². The maximum absolute atomic E-state index is 12.7. The molecule has 0 aliphatic carbocycles. The molecule has 1 aliphatic heterocycles. The molecule has 2 aromatic carbocycles. The van der Waals surface area contributed by atoms with Crippen molar-refractivity contribution in [2.45, 2.75) is 25.7 Å². The predicted octanol–water partition coefficient (Wildman–Crippen LogP) is 4.56. The average Bonchev–Trinajstić information content (AvgIpc) is 3.12. The summed E-state index contributed by atoms with van der Waals surface area (Å²) in [6, 6.07) is 13.3. The van der Waals surface area contributed by atoms with Crippen molar-refractivity contribution in [2.75, 3.05) is 25.5 Å². The number of piperidine rings is 1. The second-order valence-corrected chi connectivity index (χ2v) is 6.92. The summed E-state index contributed by atoms with van der Waals surface area (Å²) >= 11 is 0. The average molecular weight is 365 g/mol. The topological polar surface area (TPSA) is 67.6 Å². The van der Waals surface area contributed by atoms with Gasteiger partial charge in [-0.05, 0) is 55.7 Å². The number of para-hydroxylation sites is 2. The Morgan fingerprint density at radius 3 is 2.93 bits per heavy atom. The Kier molecular flexibility index (Phi) is 4.71. The Labute approximate surface area is 158 Å². The van der Waals surface area contributed by atoms with E-state index >= 15 is 0 Å². The van der Waals surface area contributed by atoms with Gasteiger partial charge in [0.05, 0.1) is 13.0 Å². The number of rotatable bonds is 3. The smallest absolute Gasteiger partial charge is 0.321 e. The number of anilines is 1. The number of carbonyl (C=O) groups is 1. The maximum atomic E-state index is 12.7. The molecule has 6 nitrogen and oxygen atoms in total. The standard InChI is InChI=1S/C21H23N3O3/c1-14-12-16(9-10-18(14)26-2)22-21(25)24-11-5-6-15(13-24)20-23-17-7-3-4-8-19(17)27-20/h3-4,7-10,12,15H,5-6,11,13H2,1-2H3,(H,22,25). The van der Waals surface area contributed by atoms with E-state index in [0.29, 0.717) is 12.4 Å². The molecule has 1 aliphatic rings. The zero-order valence-corrected chi connectivity index (χ0v) is 15.6. The Morgan fingerprint density at radius 2 is 2.15 bits per heavy atom. The summed E-state index contributed by atoms with van der Waals surface area (Å²) in [5.74, 6) is 1.64. The molecule has 1 aromatic heterocycles. The summed E-state index contributed by atoms with van der Waals surface area (Å²) in [6.07, 6.45) is 1.90. The van der Waals surface area contributed by atoms with Crippen molar-refractivity contribution < 1.29 is 13.9 Å². The molecule has 140 valence electrons. The van der Waals surface area contributed by atoms with Gasteiger partial charge < -0.3 is 19.4 Å². The first-order valence-electron chi connectivity index (χ1n) is 9.20. The lowest BCUT2D eigenvalue weighted by Crippen LogP contribution is -2.41. The number of methoxy groups -OCH3 is 1. The van der Waals surface area contributed by atoms with E-state index in [1.165, 1.54) is 0 Å². The number of carbonyl (C=O) groups excluding carboxylic acids is 1. The number of nitrogens with zero attached hydrogens (tertiary/aromatic N) is 2. The third kappa shape index (κ3) is 3.60. The number of nitrogens with one attached hydrogen (secondary N) is 1. The van der Waals surface area contributed by atoms with Crippen molar-refractivity contribution in [3.63, 3.8) is 0 Å². The Bertz CT molecular complexity index is 933. The van der Waals surface area contributed by atoms with E-state index in [1.807, 2.05) is 54.3 Å². The van der Waals surface area contributed by atoms with Gasteiger partial charge in [0.15, 0.2) is 11.5 Å². The van der Waals surface area contributed by atoms with Crippen molar-refractivity contribution in [1.29, 1.82) is 0 Å². The fourth-order valence-electron chi connectivity index (χ4n) is 3.59. The number of oxazole rings is 1. The quantitative estimate of drug-likeness (QED) is 0.739. The highest BCUT2D eigenvalue weighted by molar-refractivity contribution is 5.89. The monoisotopic (exact) mass is 365 g/mol. The van der Waals surface area contributed by atoms with Crippen molar-refractivity contribution in [2.24, 2.45) is 0 Å². The van der Waals surface area contributed by atoms with Crippen LogP contribution in [0.25, 0.3) is 11.1 Å². The molecule has 1 fully saturated rings. The predicted molar refractivity (Wildman–Crippen MR) is 104 cm³/mol. The lowest BCUT2D eigenvalue weighted by molar-refractivity contribution is 0.187. The van der Waals surface area contributed by atoms with Crippen LogP contribution >= 0.6 is 0 Å². The largest absolute Gasteiger partial charge is 0.496 e. The van der Waals surface area contributed by atoms with Crippen molar-refractivity contribution >= 4 is 22.8 Å². The molecule has 2 heterocycles. The SMILES string of the molecule is COc1ccc(NC(=O)N2CCCC(c3nc4ccccc4o3)C2)cc1C. The summed E-state index contributed by atoms with van der Waals surface area (Å²) in [5.41, 5.74) is 3.41. The van der Waals surface area contributed by atoms with E-state index in [2.05, 4.69) is 10.3 Å². The molecule has 27 heavy (non-hydrogen) atoms. The molecule has 3 aromatic rings. The Balaban J connectivity index is 1.45. The minimum Gasteiger partial charge on any atom is -0.496 e. The van der Waals surface area contributed by atoms with E-state index < -0.39 is 0 Å². The van der Waals surface area contributed by atoms with Crippen LogP contribution in [0.2, 0.25) is 0 Å². The number of fused-ring (bicyclic) bond motifs is 1. The summed E-state index contributed by atoms with van der Waals surface area (Å²) in [4.78, 5) is 19.2. The number of urea groups is 1. The number of hydrogen-bond acceptors (Lipinski definition) is 4. The van der Waals surface area contributed by atoms with Crippen LogP contribution in [0.5, 0.6) is 5.75 Å². The molecule has 6 heteroatoms. The van der Waals surface area contributed by atoms with Gasteiger partial charge in [0.25, 0.3) is 0 Å². The van der Waals surface area contributed by atoms with Crippen LogP contribution in [0.1, 0.15) is 30.2 Å². The van der Waals surface area contributed by atoms with Crippen molar-refractivity contribution in [3.8, 4) is 5.75 Å². The third-order valence-electron chi connectivity index (χ3n) is 5.01. The van der Waals surface area contributed by atoms with Crippen molar-refractivity contribution in [3.05, 3.63) is 53.9 Å². The highest BCUT2D eigenvalue weighted by Crippen LogP contribution is 2.29. The number of aromatic nitrogens is 1. The van der Waals surface area contributed by atoms with E-state index in [-0.39, 0.29) is 11.9 Å². The van der Waals surface area contributed by atoms with Crippen LogP contribution in [-0.4, -0.2) is 36.1 Å². The molecular weight excluding hydrogens is 342 g/mol.